The fourth-order valence-electron chi connectivity index (χ4n) is 2.60. The van der Waals surface area contributed by atoms with Crippen molar-refractivity contribution in [3.05, 3.63) is 0 Å². The van der Waals surface area contributed by atoms with E-state index < -0.39 is 18.2 Å². The Morgan fingerprint density at radius 3 is 2.19 bits per heavy atom. The molecule has 2 amide bonds. The lowest BCUT2D eigenvalue weighted by Gasteiger charge is -2.35. The van der Waals surface area contributed by atoms with Crippen molar-refractivity contribution >= 4 is 17.8 Å². The molecule has 2 saturated heterocycles. The molecule has 1 N–H and O–H groups in total. The largest absolute Gasteiger partial charge is 0.479 e. The topological polar surface area (TPSA) is 96.4 Å². The summed E-state index contributed by atoms with van der Waals surface area (Å²) in [5.74, 6) is -1.30. The second-order valence-electron chi connectivity index (χ2n) is 5.17. The third-order valence-electron chi connectivity index (χ3n) is 3.78. The highest BCUT2D eigenvalue weighted by Gasteiger charge is 2.37. The van der Waals surface area contributed by atoms with Gasteiger partial charge in [-0.15, -0.1) is 0 Å². The predicted octanol–water partition coefficient (Wildman–Crippen LogP) is -1.06. The third-order valence-corrected chi connectivity index (χ3v) is 3.78. The minimum atomic E-state index is -1.03. The zero-order chi connectivity index (χ0) is 15.4. The highest BCUT2D eigenvalue weighted by Crippen LogP contribution is 2.22. The summed E-state index contributed by atoms with van der Waals surface area (Å²) in [6.07, 6.45) is -0.771. The number of carbonyl (C=O) groups is 3. The van der Waals surface area contributed by atoms with Crippen LogP contribution in [0.15, 0.2) is 0 Å². The standard InChI is InChI=1S/C13H20N2O6/c1-20-8-11(16)14-4-6-15(7-5-14)12(17)9-2-3-10(21-9)13(18)19/h9-10H,2-8H2,1H3,(H,18,19)/t9-,10+/m0/s1. The maximum absolute atomic E-state index is 12.3. The molecule has 8 heteroatoms. The van der Waals surface area contributed by atoms with Crippen molar-refractivity contribution in [3.8, 4) is 0 Å². The molecule has 21 heavy (non-hydrogen) atoms. The molecule has 0 radical (unpaired) electrons. The number of carboxylic acid groups (broad SMARTS) is 1. The summed E-state index contributed by atoms with van der Waals surface area (Å²) in [7, 11) is 1.47. The van der Waals surface area contributed by atoms with E-state index in [9.17, 15) is 14.4 Å². The third kappa shape index (κ3) is 3.70. The number of carbonyl (C=O) groups excluding carboxylic acids is 2. The van der Waals surface area contributed by atoms with Crippen LogP contribution in [-0.4, -0.2) is 84.8 Å². The van der Waals surface area contributed by atoms with Crippen molar-refractivity contribution in [2.24, 2.45) is 0 Å². The van der Waals surface area contributed by atoms with E-state index in [1.54, 1.807) is 9.80 Å². The minimum Gasteiger partial charge on any atom is -0.479 e. The molecule has 0 unspecified atom stereocenters. The normalized spacial score (nSPS) is 26.0. The van der Waals surface area contributed by atoms with E-state index in [0.717, 1.165) is 0 Å². The maximum Gasteiger partial charge on any atom is 0.332 e. The Kier molecular flexibility index (Phi) is 5.13. The van der Waals surface area contributed by atoms with Crippen molar-refractivity contribution in [3.63, 3.8) is 0 Å². The predicted molar refractivity (Wildman–Crippen MR) is 70.6 cm³/mol. The second kappa shape index (κ2) is 6.86. The zero-order valence-electron chi connectivity index (χ0n) is 12.0. The second-order valence-corrected chi connectivity index (χ2v) is 5.17. The van der Waals surface area contributed by atoms with Crippen LogP contribution in [0.2, 0.25) is 0 Å². The van der Waals surface area contributed by atoms with E-state index in [4.69, 9.17) is 14.6 Å². The quantitative estimate of drug-likeness (QED) is 0.710. The van der Waals surface area contributed by atoms with Crippen molar-refractivity contribution < 1.29 is 29.0 Å². The molecule has 0 aromatic carbocycles. The molecule has 2 fully saturated rings. The molecule has 0 aromatic rings. The summed E-state index contributed by atoms with van der Waals surface area (Å²) in [5.41, 5.74) is 0. The fourth-order valence-corrected chi connectivity index (χ4v) is 2.60. The number of hydrogen-bond acceptors (Lipinski definition) is 5. The van der Waals surface area contributed by atoms with Crippen LogP contribution in [-0.2, 0) is 23.9 Å². The van der Waals surface area contributed by atoms with Crippen LogP contribution in [0.25, 0.3) is 0 Å². The molecule has 0 aliphatic carbocycles. The van der Waals surface area contributed by atoms with Gasteiger partial charge < -0.3 is 24.4 Å². The number of aliphatic carboxylic acids is 1. The van der Waals surface area contributed by atoms with Gasteiger partial charge in [-0.05, 0) is 12.8 Å². The van der Waals surface area contributed by atoms with E-state index in [-0.39, 0.29) is 18.4 Å². The Bertz CT molecular complexity index is 419. The maximum atomic E-state index is 12.3. The summed E-state index contributed by atoms with van der Waals surface area (Å²) in [6, 6.07) is 0. The molecule has 0 bridgehead atoms. The molecule has 8 nitrogen and oxygen atoms in total. The number of methoxy groups -OCH3 is 1. The fraction of sp³-hybridized carbons (Fsp3) is 0.769. The molecule has 0 aromatic heterocycles. The van der Waals surface area contributed by atoms with Crippen LogP contribution < -0.4 is 0 Å². The van der Waals surface area contributed by atoms with E-state index in [1.807, 2.05) is 0 Å². The van der Waals surface area contributed by atoms with Crippen LogP contribution in [0.4, 0.5) is 0 Å². The van der Waals surface area contributed by atoms with Gasteiger partial charge in [-0.25, -0.2) is 4.79 Å². The van der Waals surface area contributed by atoms with Gasteiger partial charge in [0.2, 0.25) is 5.91 Å². The van der Waals surface area contributed by atoms with Crippen molar-refractivity contribution in [2.75, 3.05) is 39.9 Å². The first-order valence-corrected chi connectivity index (χ1v) is 6.96. The lowest BCUT2D eigenvalue weighted by atomic mass is 10.1. The Labute approximate surface area is 122 Å². The number of rotatable bonds is 4. The minimum absolute atomic E-state index is 0.0416. The number of piperazine rings is 1. The van der Waals surface area contributed by atoms with Gasteiger partial charge in [0.05, 0.1) is 0 Å². The lowest BCUT2D eigenvalue weighted by Crippen LogP contribution is -2.53. The Morgan fingerprint density at radius 2 is 1.67 bits per heavy atom. The summed E-state index contributed by atoms with van der Waals surface area (Å²) in [5, 5.41) is 8.86. The van der Waals surface area contributed by atoms with Gasteiger partial charge in [-0.2, -0.15) is 0 Å². The first-order chi connectivity index (χ1) is 10.0. The van der Waals surface area contributed by atoms with Crippen molar-refractivity contribution in [1.82, 2.24) is 9.80 Å². The number of ether oxygens (including phenoxy) is 2. The molecular formula is C13H20N2O6. The molecule has 2 aliphatic rings. The number of nitrogens with zero attached hydrogens (tertiary/aromatic N) is 2. The van der Waals surface area contributed by atoms with Crippen molar-refractivity contribution in [2.45, 2.75) is 25.0 Å². The molecule has 2 atom stereocenters. The summed E-state index contributed by atoms with van der Waals surface area (Å²) < 4.78 is 10.1. The molecule has 2 aliphatic heterocycles. The Hall–Kier alpha value is -1.67. The van der Waals surface area contributed by atoms with E-state index in [0.29, 0.717) is 39.0 Å². The molecule has 2 rings (SSSR count). The van der Waals surface area contributed by atoms with Crippen LogP contribution in [0.1, 0.15) is 12.8 Å². The van der Waals surface area contributed by atoms with Gasteiger partial charge in [0.15, 0.2) is 6.10 Å². The van der Waals surface area contributed by atoms with Crippen LogP contribution >= 0.6 is 0 Å². The Morgan fingerprint density at radius 1 is 1.10 bits per heavy atom. The summed E-state index contributed by atoms with van der Waals surface area (Å²) >= 11 is 0. The molecule has 2 heterocycles. The van der Waals surface area contributed by atoms with Gasteiger partial charge in [0.1, 0.15) is 12.7 Å². The number of carboxylic acids is 1. The smallest absolute Gasteiger partial charge is 0.332 e. The number of amides is 2. The summed E-state index contributed by atoms with van der Waals surface area (Å²) in [6.45, 7) is 1.84. The Balaban J connectivity index is 1.81. The van der Waals surface area contributed by atoms with E-state index in [2.05, 4.69) is 0 Å². The van der Waals surface area contributed by atoms with Gasteiger partial charge in [0, 0.05) is 33.3 Å². The molecule has 0 spiro atoms. The van der Waals surface area contributed by atoms with Crippen LogP contribution in [0.3, 0.4) is 0 Å². The average Bonchev–Trinajstić information content (AvgIpc) is 2.97. The molecule has 118 valence electrons. The first-order valence-electron chi connectivity index (χ1n) is 6.96. The van der Waals surface area contributed by atoms with Gasteiger partial charge in [0.25, 0.3) is 5.91 Å². The van der Waals surface area contributed by atoms with Crippen molar-refractivity contribution in [1.29, 1.82) is 0 Å². The highest BCUT2D eigenvalue weighted by atomic mass is 16.5. The highest BCUT2D eigenvalue weighted by molar-refractivity contribution is 5.83. The number of hydrogen-bond donors (Lipinski definition) is 1. The van der Waals surface area contributed by atoms with Gasteiger partial charge >= 0.3 is 5.97 Å². The van der Waals surface area contributed by atoms with E-state index >= 15 is 0 Å². The van der Waals surface area contributed by atoms with E-state index in [1.165, 1.54) is 7.11 Å². The molecular weight excluding hydrogens is 280 g/mol. The van der Waals surface area contributed by atoms with Crippen LogP contribution in [0, 0.1) is 0 Å². The first kappa shape index (κ1) is 15.7. The van der Waals surface area contributed by atoms with Crippen LogP contribution in [0.5, 0.6) is 0 Å². The summed E-state index contributed by atoms with van der Waals surface area (Å²) in [4.78, 5) is 38.0. The molecule has 0 saturated carbocycles. The van der Waals surface area contributed by atoms with Gasteiger partial charge in [-0.3, -0.25) is 9.59 Å². The average molecular weight is 300 g/mol. The SMILES string of the molecule is COCC(=O)N1CCN(C(=O)[C@@H]2CC[C@H](C(=O)O)O2)CC1. The zero-order valence-corrected chi connectivity index (χ0v) is 12.0. The van der Waals surface area contributed by atoms with Gasteiger partial charge in [-0.1, -0.05) is 0 Å². The monoisotopic (exact) mass is 300 g/mol. The lowest BCUT2D eigenvalue weighted by molar-refractivity contribution is -0.156.